The summed E-state index contributed by atoms with van der Waals surface area (Å²) in [7, 11) is 1.30. The maximum Gasteiger partial charge on any atom is 0.342 e. The zero-order valence-electron chi connectivity index (χ0n) is 4.84. The number of hydrogen-bond acceptors (Lipinski definition) is 3. The Morgan fingerprint density at radius 3 is 2.25 bits per heavy atom. The lowest BCUT2D eigenvalue weighted by Crippen LogP contribution is -1.99. The average molecular weight is 141 g/mol. The van der Waals surface area contributed by atoms with E-state index in [9.17, 15) is 4.79 Å². The van der Waals surface area contributed by atoms with Crippen molar-refractivity contribution >= 4 is 18.4 Å². The third-order valence-electron chi connectivity index (χ3n) is 0.465. The Kier molecular flexibility index (Phi) is 8.95. The van der Waals surface area contributed by atoms with Crippen LogP contribution in [-0.2, 0) is 14.6 Å². The SMILES string of the molecule is CCC(=O)OOC.Cl. The van der Waals surface area contributed by atoms with Gasteiger partial charge in [-0.2, -0.15) is 4.89 Å². The zero-order chi connectivity index (χ0) is 5.70. The van der Waals surface area contributed by atoms with Crippen molar-refractivity contribution in [2.45, 2.75) is 13.3 Å². The summed E-state index contributed by atoms with van der Waals surface area (Å²) in [6.45, 7) is 1.70. The predicted octanol–water partition coefficient (Wildman–Crippen LogP) is 0.923. The van der Waals surface area contributed by atoms with Crippen LogP contribution >= 0.6 is 12.4 Å². The quantitative estimate of drug-likeness (QED) is 0.423. The van der Waals surface area contributed by atoms with Crippen molar-refractivity contribution < 1.29 is 14.6 Å². The lowest BCUT2D eigenvalue weighted by Gasteiger charge is -1.91. The van der Waals surface area contributed by atoms with E-state index in [0.717, 1.165) is 0 Å². The van der Waals surface area contributed by atoms with Crippen LogP contribution < -0.4 is 0 Å². The molecule has 0 unspecified atom stereocenters. The Labute approximate surface area is 54.3 Å². The van der Waals surface area contributed by atoms with E-state index in [1.54, 1.807) is 6.92 Å². The van der Waals surface area contributed by atoms with E-state index in [-0.39, 0.29) is 18.4 Å². The van der Waals surface area contributed by atoms with Gasteiger partial charge in [-0.25, -0.2) is 4.79 Å². The van der Waals surface area contributed by atoms with Gasteiger partial charge in [-0.3, -0.25) is 4.89 Å². The van der Waals surface area contributed by atoms with E-state index in [1.807, 2.05) is 0 Å². The molecular weight excluding hydrogens is 131 g/mol. The van der Waals surface area contributed by atoms with Gasteiger partial charge in [-0.1, -0.05) is 6.92 Å². The second kappa shape index (κ2) is 6.72. The summed E-state index contributed by atoms with van der Waals surface area (Å²) < 4.78 is 0. The van der Waals surface area contributed by atoms with Gasteiger partial charge in [0, 0.05) is 6.42 Å². The van der Waals surface area contributed by atoms with E-state index in [2.05, 4.69) is 9.78 Å². The fraction of sp³-hybridized carbons (Fsp3) is 0.750. The molecule has 0 aliphatic rings. The minimum atomic E-state index is -0.345. The van der Waals surface area contributed by atoms with Crippen LogP contribution in [0, 0.1) is 0 Å². The van der Waals surface area contributed by atoms with Gasteiger partial charge in [-0.05, 0) is 0 Å². The van der Waals surface area contributed by atoms with Crippen LogP contribution in [0.1, 0.15) is 13.3 Å². The summed E-state index contributed by atoms with van der Waals surface area (Å²) in [5.74, 6) is -0.345. The maximum atomic E-state index is 10.1. The summed E-state index contributed by atoms with van der Waals surface area (Å²) in [6.07, 6.45) is 0.355. The molecule has 0 atom stereocenters. The van der Waals surface area contributed by atoms with Crippen molar-refractivity contribution in [2.75, 3.05) is 7.11 Å². The zero-order valence-corrected chi connectivity index (χ0v) is 5.66. The monoisotopic (exact) mass is 140 g/mol. The third kappa shape index (κ3) is 5.72. The maximum absolute atomic E-state index is 10.1. The standard InChI is InChI=1S/C4H8O3.ClH/c1-3-4(5)7-6-2;/h3H2,1-2H3;1H. The second-order valence-electron chi connectivity index (χ2n) is 0.976. The van der Waals surface area contributed by atoms with Gasteiger partial charge in [-0.15, -0.1) is 12.4 Å². The molecule has 0 aromatic rings. The van der Waals surface area contributed by atoms with Crippen LogP contribution in [0.5, 0.6) is 0 Å². The van der Waals surface area contributed by atoms with E-state index >= 15 is 0 Å². The van der Waals surface area contributed by atoms with E-state index in [4.69, 9.17) is 0 Å². The van der Waals surface area contributed by atoms with Gasteiger partial charge in [0.1, 0.15) is 0 Å². The van der Waals surface area contributed by atoms with Crippen LogP contribution in [-0.4, -0.2) is 13.1 Å². The van der Waals surface area contributed by atoms with Crippen LogP contribution in [0.4, 0.5) is 0 Å². The topological polar surface area (TPSA) is 35.5 Å². The molecule has 0 aliphatic carbocycles. The molecule has 3 nitrogen and oxygen atoms in total. The minimum Gasteiger partial charge on any atom is -0.299 e. The summed E-state index contributed by atoms with van der Waals surface area (Å²) in [4.78, 5) is 18.2. The fourth-order valence-electron chi connectivity index (χ4n) is 0.152. The molecule has 0 aliphatic heterocycles. The molecule has 0 fully saturated rings. The minimum absolute atomic E-state index is 0. The first-order chi connectivity index (χ1) is 3.31. The highest BCUT2D eigenvalue weighted by molar-refractivity contribution is 5.85. The van der Waals surface area contributed by atoms with Crippen LogP contribution in [0.15, 0.2) is 0 Å². The van der Waals surface area contributed by atoms with Crippen molar-refractivity contribution in [1.29, 1.82) is 0 Å². The van der Waals surface area contributed by atoms with Crippen molar-refractivity contribution in [2.24, 2.45) is 0 Å². The lowest BCUT2D eigenvalue weighted by atomic mass is 10.5. The Morgan fingerprint density at radius 2 is 2.12 bits per heavy atom. The number of rotatable bonds is 2. The second-order valence-corrected chi connectivity index (χ2v) is 0.976. The third-order valence-corrected chi connectivity index (χ3v) is 0.465. The molecule has 0 bridgehead atoms. The molecule has 0 spiro atoms. The van der Waals surface area contributed by atoms with E-state index < -0.39 is 0 Å². The van der Waals surface area contributed by atoms with Gasteiger partial charge in [0.2, 0.25) is 0 Å². The first-order valence-corrected chi connectivity index (χ1v) is 2.04. The molecule has 0 amide bonds. The molecule has 0 aromatic heterocycles. The Hall–Kier alpha value is -0.280. The van der Waals surface area contributed by atoms with Crippen LogP contribution in [0.3, 0.4) is 0 Å². The summed E-state index contributed by atoms with van der Waals surface area (Å²) >= 11 is 0. The fourth-order valence-corrected chi connectivity index (χ4v) is 0.152. The summed E-state index contributed by atoms with van der Waals surface area (Å²) in [5, 5.41) is 0. The van der Waals surface area contributed by atoms with Gasteiger partial charge >= 0.3 is 5.97 Å². The average Bonchev–Trinajstić information content (AvgIpc) is 1.68. The molecule has 0 aromatic carbocycles. The van der Waals surface area contributed by atoms with E-state index in [1.165, 1.54) is 7.11 Å². The van der Waals surface area contributed by atoms with Gasteiger partial charge in [0.05, 0.1) is 7.11 Å². The van der Waals surface area contributed by atoms with Crippen molar-refractivity contribution in [3.8, 4) is 0 Å². The Bertz CT molecular complexity index is 64.3. The predicted molar refractivity (Wildman–Crippen MR) is 30.6 cm³/mol. The molecular formula is C4H9ClO3. The molecule has 0 saturated heterocycles. The molecule has 0 saturated carbocycles. The Balaban J connectivity index is 0. The van der Waals surface area contributed by atoms with Crippen LogP contribution in [0.25, 0.3) is 0 Å². The lowest BCUT2D eigenvalue weighted by molar-refractivity contribution is -0.254. The Morgan fingerprint density at radius 1 is 1.62 bits per heavy atom. The van der Waals surface area contributed by atoms with E-state index in [0.29, 0.717) is 6.42 Å². The van der Waals surface area contributed by atoms with Crippen molar-refractivity contribution in [3.63, 3.8) is 0 Å². The highest BCUT2D eigenvalue weighted by atomic mass is 35.5. The smallest absolute Gasteiger partial charge is 0.299 e. The highest BCUT2D eigenvalue weighted by Gasteiger charge is 1.93. The number of carbonyl (C=O) groups excluding carboxylic acids is 1. The normalized spacial score (nSPS) is 7.25. The van der Waals surface area contributed by atoms with Gasteiger partial charge in [0.25, 0.3) is 0 Å². The number of carbonyl (C=O) groups is 1. The van der Waals surface area contributed by atoms with Gasteiger partial charge in [0.15, 0.2) is 0 Å². The van der Waals surface area contributed by atoms with Gasteiger partial charge < -0.3 is 0 Å². The summed E-state index contributed by atoms with van der Waals surface area (Å²) in [6, 6.07) is 0. The molecule has 50 valence electrons. The molecule has 8 heavy (non-hydrogen) atoms. The molecule has 0 heterocycles. The highest BCUT2D eigenvalue weighted by Crippen LogP contribution is 1.81. The van der Waals surface area contributed by atoms with Crippen molar-refractivity contribution in [3.05, 3.63) is 0 Å². The first kappa shape index (κ1) is 10.7. The molecule has 0 N–H and O–H groups in total. The van der Waals surface area contributed by atoms with Crippen LogP contribution in [0.2, 0.25) is 0 Å². The number of hydrogen-bond donors (Lipinski definition) is 0. The summed E-state index contributed by atoms with van der Waals surface area (Å²) in [5.41, 5.74) is 0. The molecule has 4 heteroatoms. The largest absolute Gasteiger partial charge is 0.342 e. The number of halogens is 1. The van der Waals surface area contributed by atoms with Crippen molar-refractivity contribution in [1.82, 2.24) is 0 Å². The molecule has 0 rings (SSSR count). The molecule has 0 radical (unpaired) electrons. The first-order valence-electron chi connectivity index (χ1n) is 2.04.